The van der Waals surface area contributed by atoms with Crippen molar-refractivity contribution in [2.75, 3.05) is 13.1 Å². The summed E-state index contributed by atoms with van der Waals surface area (Å²) in [5, 5.41) is 10.8. The molecule has 14 heavy (non-hydrogen) atoms. The Labute approximate surface area is 84.7 Å². The van der Waals surface area contributed by atoms with E-state index in [4.69, 9.17) is 0 Å². The third-order valence-electron chi connectivity index (χ3n) is 1.88. The van der Waals surface area contributed by atoms with Crippen molar-refractivity contribution < 1.29 is 5.21 Å². The molecule has 0 aliphatic heterocycles. The van der Waals surface area contributed by atoms with E-state index in [1.807, 2.05) is 44.2 Å². The molecular formula is C11H16N2O. The first-order chi connectivity index (χ1) is 6.79. The van der Waals surface area contributed by atoms with Crippen LogP contribution in [-0.4, -0.2) is 29.2 Å². The molecule has 1 rings (SSSR count). The second kappa shape index (κ2) is 5.40. The fraction of sp³-hybridized carbons (Fsp3) is 0.364. The van der Waals surface area contributed by atoms with E-state index in [0.717, 1.165) is 5.56 Å². The zero-order chi connectivity index (χ0) is 10.4. The summed E-state index contributed by atoms with van der Waals surface area (Å²) in [4.78, 5) is 4.26. The van der Waals surface area contributed by atoms with Crippen LogP contribution in [0.15, 0.2) is 35.3 Å². The molecule has 0 bridgehead atoms. The lowest BCUT2D eigenvalue weighted by Gasteiger charge is -2.16. The predicted octanol–water partition coefficient (Wildman–Crippen LogP) is 2.16. The molecular weight excluding hydrogens is 176 g/mol. The number of amidine groups is 1. The average Bonchev–Trinajstić information content (AvgIpc) is 2.26. The largest absolute Gasteiger partial charge is 0.287 e. The van der Waals surface area contributed by atoms with Crippen LogP contribution in [0.1, 0.15) is 19.4 Å². The average molecular weight is 192 g/mol. The molecule has 0 saturated carbocycles. The quantitative estimate of drug-likeness (QED) is 0.452. The van der Waals surface area contributed by atoms with Gasteiger partial charge in [-0.25, -0.2) is 5.06 Å². The summed E-state index contributed by atoms with van der Waals surface area (Å²) in [5.41, 5.74) is 0.943. The molecule has 0 radical (unpaired) electrons. The topological polar surface area (TPSA) is 35.8 Å². The molecule has 0 atom stereocenters. The van der Waals surface area contributed by atoms with E-state index in [0.29, 0.717) is 18.9 Å². The van der Waals surface area contributed by atoms with Crippen molar-refractivity contribution in [3.63, 3.8) is 0 Å². The highest BCUT2D eigenvalue weighted by Crippen LogP contribution is 2.04. The molecule has 0 saturated heterocycles. The van der Waals surface area contributed by atoms with Gasteiger partial charge >= 0.3 is 0 Å². The molecule has 0 spiro atoms. The number of rotatable bonds is 3. The molecule has 3 heteroatoms. The van der Waals surface area contributed by atoms with E-state index in [9.17, 15) is 5.21 Å². The van der Waals surface area contributed by atoms with E-state index >= 15 is 0 Å². The lowest BCUT2D eigenvalue weighted by molar-refractivity contribution is -0.00873. The van der Waals surface area contributed by atoms with Crippen LogP contribution in [0.2, 0.25) is 0 Å². The van der Waals surface area contributed by atoms with Gasteiger partial charge in [0.25, 0.3) is 0 Å². The SMILES string of the molecule is CC/N=C(/c1ccccc1)N(O)CC. The van der Waals surface area contributed by atoms with Crippen LogP contribution in [-0.2, 0) is 0 Å². The van der Waals surface area contributed by atoms with Gasteiger partial charge in [0.05, 0.1) is 0 Å². The van der Waals surface area contributed by atoms with Gasteiger partial charge in [0.1, 0.15) is 0 Å². The number of hydroxylamine groups is 2. The molecule has 1 aromatic rings. The van der Waals surface area contributed by atoms with Gasteiger partial charge in [-0.2, -0.15) is 0 Å². The van der Waals surface area contributed by atoms with Crippen molar-refractivity contribution in [3.8, 4) is 0 Å². The first-order valence-corrected chi connectivity index (χ1v) is 4.85. The van der Waals surface area contributed by atoms with Crippen LogP contribution in [0, 0.1) is 0 Å². The summed E-state index contributed by atoms with van der Waals surface area (Å²) in [5.74, 6) is 0.635. The van der Waals surface area contributed by atoms with Crippen molar-refractivity contribution in [1.29, 1.82) is 0 Å². The Morgan fingerprint density at radius 2 is 1.93 bits per heavy atom. The summed E-state index contributed by atoms with van der Waals surface area (Å²) in [6.07, 6.45) is 0. The number of aliphatic imine (C=N–C) groups is 1. The third kappa shape index (κ3) is 2.57. The molecule has 76 valence electrons. The fourth-order valence-electron chi connectivity index (χ4n) is 1.21. The smallest absolute Gasteiger partial charge is 0.154 e. The van der Waals surface area contributed by atoms with Crippen LogP contribution in [0.5, 0.6) is 0 Å². The second-order valence-corrected chi connectivity index (χ2v) is 2.88. The molecule has 0 fully saturated rings. The summed E-state index contributed by atoms with van der Waals surface area (Å²) in [6, 6.07) is 9.69. The maximum absolute atomic E-state index is 9.60. The van der Waals surface area contributed by atoms with E-state index < -0.39 is 0 Å². The molecule has 1 N–H and O–H groups in total. The zero-order valence-corrected chi connectivity index (χ0v) is 8.64. The lowest BCUT2D eigenvalue weighted by atomic mass is 10.2. The van der Waals surface area contributed by atoms with Gasteiger partial charge in [0.2, 0.25) is 0 Å². The summed E-state index contributed by atoms with van der Waals surface area (Å²) in [6.45, 7) is 5.04. The number of hydrogen-bond acceptors (Lipinski definition) is 2. The summed E-state index contributed by atoms with van der Waals surface area (Å²) >= 11 is 0. The molecule has 0 amide bonds. The van der Waals surface area contributed by atoms with Crippen LogP contribution in [0.3, 0.4) is 0 Å². The zero-order valence-electron chi connectivity index (χ0n) is 8.64. The molecule has 0 unspecified atom stereocenters. The third-order valence-corrected chi connectivity index (χ3v) is 1.88. The maximum atomic E-state index is 9.60. The molecule has 0 heterocycles. The van der Waals surface area contributed by atoms with Crippen LogP contribution < -0.4 is 0 Å². The Kier molecular flexibility index (Phi) is 4.13. The van der Waals surface area contributed by atoms with Gasteiger partial charge in [0.15, 0.2) is 5.84 Å². The molecule has 0 aliphatic rings. The van der Waals surface area contributed by atoms with Gasteiger partial charge in [-0.15, -0.1) is 0 Å². The van der Waals surface area contributed by atoms with E-state index in [1.165, 1.54) is 5.06 Å². The van der Waals surface area contributed by atoms with Gasteiger partial charge < -0.3 is 0 Å². The van der Waals surface area contributed by atoms with Crippen LogP contribution in [0.25, 0.3) is 0 Å². The van der Waals surface area contributed by atoms with E-state index in [1.54, 1.807) is 0 Å². The predicted molar refractivity (Wildman–Crippen MR) is 57.7 cm³/mol. The van der Waals surface area contributed by atoms with Crippen molar-refractivity contribution >= 4 is 5.84 Å². The van der Waals surface area contributed by atoms with Crippen LogP contribution >= 0.6 is 0 Å². The van der Waals surface area contributed by atoms with Crippen molar-refractivity contribution in [3.05, 3.63) is 35.9 Å². The van der Waals surface area contributed by atoms with Crippen LogP contribution in [0.4, 0.5) is 0 Å². The summed E-state index contributed by atoms with van der Waals surface area (Å²) in [7, 11) is 0. The van der Waals surface area contributed by atoms with Crippen molar-refractivity contribution in [2.45, 2.75) is 13.8 Å². The maximum Gasteiger partial charge on any atom is 0.154 e. The molecule has 1 aromatic carbocycles. The Morgan fingerprint density at radius 3 is 2.43 bits per heavy atom. The molecule has 0 aromatic heterocycles. The summed E-state index contributed by atoms with van der Waals surface area (Å²) < 4.78 is 0. The van der Waals surface area contributed by atoms with Gasteiger partial charge in [-0.3, -0.25) is 10.2 Å². The minimum Gasteiger partial charge on any atom is -0.287 e. The highest BCUT2D eigenvalue weighted by atomic mass is 16.5. The standard InChI is InChI=1S/C11H16N2O/c1-3-12-11(13(14)4-2)10-8-6-5-7-9-10/h5-9,14H,3-4H2,1-2H3/b12-11-. The monoisotopic (exact) mass is 192 g/mol. The number of hydrogen-bond donors (Lipinski definition) is 1. The fourth-order valence-corrected chi connectivity index (χ4v) is 1.21. The van der Waals surface area contributed by atoms with Crippen molar-refractivity contribution in [1.82, 2.24) is 5.06 Å². The van der Waals surface area contributed by atoms with Gasteiger partial charge in [-0.1, -0.05) is 30.3 Å². The van der Waals surface area contributed by atoms with Gasteiger partial charge in [-0.05, 0) is 13.8 Å². The highest BCUT2D eigenvalue weighted by molar-refractivity contribution is 5.97. The van der Waals surface area contributed by atoms with E-state index in [2.05, 4.69) is 4.99 Å². The first-order valence-electron chi connectivity index (χ1n) is 4.85. The lowest BCUT2D eigenvalue weighted by Crippen LogP contribution is -2.28. The Morgan fingerprint density at radius 1 is 1.29 bits per heavy atom. The highest BCUT2D eigenvalue weighted by Gasteiger charge is 2.07. The van der Waals surface area contributed by atoms with Crippen molar-refractivity contribution in [2.24, 2.45) is 4.99 Å². The Bertz CT molecular complexity index is 295. The van der Waals surface area contributed by atoms with Gasteiger partial charge in [0, 0.05) is 18.7 Å². The first kappa shape index (κ1) is 10.7. The minimum atomic E-state index is 0.535. The number of nitrogens with zero attached hydrogens (tertiary/aromatic N) is 2. The Hall–Kier alpha value is -1.35. The van der Waals surface area contributed by atoms with E-state index in [-0.39, 0.29) is 0 Å². The molecule has 0 aliphatic carbocycles. The Balaban J connectivity index is 2.95. The number of benzene rings is 1. The second-order valence-electron chi connectivity index (χ2n) is 2.88. The minimum absolute atomic E-state index is 0.535. The molecule has 3 nitrogen and oxygen atoms in total. The normalized spacial score (nSPS) is 11.5.